The molecule has 7 heteroatoms. The number of carboxylic acids is 1. The summed E-state index contributed by atoms with van der Waals surface area (Å²) < 4.78 is 12.5. The lowest BCUT2D eigenvalue weighted by Gasteiger charge is -2.60. The van der Waals surface area contributed by atoms with E-state index in [0.29, 0.717) is 12.8 Å². The largest absolute Gasteiger partial charge is 0.479 e. The summed E-state index contributed by atoms with van der Waals surface area (Å²) in [6, 6.07) is 0. The zero-order chi connectivity index (χ0) is 22.6. The van der Waals surface area contributed by atoms with Crippen molar-refractivity contribution in [3.8, 4) is 0 Å². The molecule has 3 N–H and O–H groups in total. The molecule has 0 spiro atoms. The molecule has 1 unspecified atom stereocenters. The van der Waals surface area contributed by atoms with E-state index in [1.807, 2.05) is 13.0 Å². The second-order valence-electron chi connectivity index (χ2n) is 11.1. The molecule has 1 heterocycles. The van der Waals surface area contributed by atoms with Crippen LogP contribution in [0.5, 0.6) is 0 Å². The molecule has 0 aromatic carbocycles. The SMILES string of the molecule is CC1(C)O[C@@H]2C[C@H]3[C@@H]4CCC5=CC(=O)C=C[C@]5(C)[C@H]4[C@@H](O)C[C@]3(C)[C@]2(C(O)C(=O)O)O1. The quantitative estimate of drug-likeness (QED) is 0.613. The first-order valence-electron chi connectivity index (χ1n) is 11.3. The molecule has 0 aromatic rings. The number of fused-ring (bicyclic) bond motifs is 7. The van der Waals surface area contributed by atoms with Crippen LogP contribution in [-0.2, 0) is 19.1 Å². The lowest BCUT2D eigenvalue weighted by molar-refractivity contribution is -0.251. The maximum atomic E-state index is 12.0. The van der Waals surface area contributed by atoms with Crippen molar-refractivity contribution in [1.82, 2.24) is 0 Å². The molecule has 31 heavy (non-hydrogen) atoms. The summed E-state index contributed by atoms with van der Waals surface area (Å²) in [4.78, 5) is 24.0. The van der Waals surface area contributed by atoms with Crippen LogP contribution >= 0.6 is 0 Å². The number of ketones is 1. The first-order valence-corrected chi connectivity index (χ1v) is 11.3. The fourth-order valence-corrected chi connectivity index (χ4v) is 8.15. The molecule has 1 saturated heterocycles. The van der Waals surface area contributed by atoms with Gasteiger partial charge in [0.05, 0.1) is 12.2 Å². The number of aliphatic hydroxyl groups excluding tert-OH is 2. The smallest absolute Gasteiger partial charge is 0.335 e. The van der Waals surface area contributed by atoms with Crippen molar-refractivity contribution < 1.29 is 34.4 Å². The third-order valence-electron chi connectivity index (χ3n) is 9.21. The van der Waals surface area contributed by atoms with Crippen molar-refractivity contribution in [2.24, 2.45) is 28.6 Å². The second-order valence-corrected chi connectivity index (χ2v) is 11.1. The van der Waals surface area contributed by atoms with Crippen LogP contribution in [0.4, 0.5) is 0 Å². The van der Waals surface area contributed by atoms with Crippen LogP contribution in [0.25, 0.3) is 0 Å². The van der Waals surface area contributed by atoms with Crippen LogP contribution in [0, 0.1) is 28.6 Å². The highest BCUT2D eigenvalue weighted by atomic mass is 16.8. The van der Waals surface area contributed by atoms with Crippen LogP contribution in [-0.4, -0.2) is 56.8 Å². The summed E-state index contributed by atoms with van der Waals surface area (Å²) in [5, 5.41) is 32.2. The summed E-state index contributed by atoms with van der Waals surface area (Å²) in [6.45, 7) is 7.54. The molecule has 4 fully saturated rings. The summed E-state index contributed by atoms with van der Waals surface area (Å²) in [5.74, 6) is -2.31. The Morgan fingerprint density at radius 3 is 2.65 bits per heavy atom. The normalized spacial score (nSPS) is 50.7. The van der Waals surface area contributed by atoms with Crippen LogP contribution < -0.4 is 0 Å². The third-order valence-corrected chi connectivity index (χ3v) is 9.21. The minimum Gasteiger partial charge on any atom is -0.479 e. The van der Waals surface area contributed by atoms with Gasteiger partial charge in [0.25, 0.3) is 0 Å². The second kappa shape index (κ2) is 6.28. The molecule has 5 rings (SSSR count). The maximum absolute atomic E-state index is 12.0. The average molecular weight is 433 g/mol. The molecular weight excluding hydrogens is 400 g/mol. The Morgan fingerprint density at radius 2 is 1.97 bits per heavy atom. The van der Waals surface area contributed by atoms with Gasteiger partial charge in [-0.25, -0.2) is 4.79 Å². The van der Waals surface area contributed by atoms with E-state index in [9.17, 15) is 24.9 Å². The molecule has 0 amide bonds. The zero-order valence-corrected chi connectivity index (χ0v) is 18.5. The molecule has 0 bridgehead atoms. The van der Waals surface area contributed by atoms with Gasteiger partial charge in [-0.05, 0) is 63.5 Å². The van der Waals surface area contributed by atoms with E-state index in [1.165, 1.54) is 0 Å². The molecule has 0 radical (unpaired) electrons. The van der Waals surface area contributed by atoms with E-state index in [1.54, 1.807) is 26.0 Å². The van der Waals surface area contributed by atoms with Crippen LogP contribution in [0.15, 0.2) is 23.8 Å². The number of carbonyl (C=O) groups excluding carboxylic acids is 1. The first kappa shape index (κ1) is 21.3. The molecular formula is C24H32O7. The molecule has 0 aromatic heterocycles. The summed E-state index contributed by atoms with van der Waals surface area (Å²) in [6.07, 6.45) is 4.68. The summed E-state index contributed by atoms with van der Waals surface area (Å²) in [7, 11) is 0. The van der Waals surface area contributed by atoms with Gasteiger partial charge in [0.1, 0.15) is 5.60 Å². The number of aliphatic hydroxyl groups is 2. The Kier molecular flexibility index (Phi) is 4.32. The fraction of sp³-hybridized carbons (Fsp3) is 0.750. The number of allylic oxidation sites excluding steroid dienone is 4. The number of hydrogen-bond donors (Lipinski definition) is 3. The van der Waals surface area contributed by atoms with E-state index >= 15 is 0 Å². The van der Waals surface area contributed by atoms with E-state index in [2.05, 4.69) is 6.92 Å². The van der Waals surface area contributed by atoms with Gasteiger partial charge < -0.3 is 24.8 Å². The third kappa shape index (κ3) is 2.55. The van der Waals surface area contributed by atoms with Crippen molar-refractivity contribution in [2.45, 2.75) is 83.1 Å². The van der Waals surface area contributed by atoms with Crippen molar-refractivity contribution >= 4 is 11.8 Å². The van der Waals surface area contributed by atoms with Crippen molar-refractivity contribution in [3.05, 3.63) is 23.8 Å². The molecule has 7 nitrogen and oxygen atoms in total. The Hall–Kier alpha value is -1.54. The standard InChI is InChI=1S/C24H32O7/c1-21(2)30-17-10-15-14-6-5-12-9-13(25)7-8-22(12,3)18(14)16(26)11-23(15,4)24(17,31-21)19(27)20(28)29/h7-9,14-19,26-27H,5-6,10-11H2,1-4H3,(H,28,29)/t14-,15-,16-,17+,18+,19?,22-,23-,24-/m0/s1. The van der Waals surface area contributed by atoms with Crippen LogP contribution in [0.1, 0.15) is 53.4 Å². The number of carbonyl (C=O) groups is 2. The summed E-state index contributed by atoms with van der Waals surface area (Å²) >= 11 is 0. The summed E-state index contributed by atoms with van der Waals surface area (Å²) in [5.41, 5.74) is -1.53. The van der Waals surface area contributed by atoms with Crippen molar-refractivity contribution in [2.75, 3.05) is 0 Å². The highest BCUT2D eigenvalue weighted by molar-refractivity contribution is 6.01. The number of aliphatic carboxylic acids is 1. The van der Waals surface area contributed by atoms with E-state index in [-0.39, 0.29) is 23.5 Å². The Balaban J connectivity index is 1.60. The van der Waals surface area contributed by atoms with E-state index < -0.39 is 46.5 Å². The number of rotatable bonds is 2. The lowest BCUT2D eigenvalue weighted by Crippen LogP contribution is -2.65. The van der Waals surface area contributed by atoms with Gasteiger partial charge in [-0.15, -0.1) is 0 Å². The Morgan fingerprint density at radius 1 is 1.26 bits per heavy atom. The van der Waals surface area contributed by atoms with Crippen LogP contribution in [0.2, 0.25) is 0 Å². The van der Waals surface area contributed by atoms with E-state index in [4.69, 9.17) is 9.47 Å². The van der Waals surface area contributed by atoms with Gasteiger partial charge in [-0.1, -0.05) is 25.5 Å². The molecule has 5 aliphatic rings. The van der Waals surface area contributed by atoms with Gasteiger partial charge in [-0.3, -0.25) is 4.79 Å². The van der Waals surface area contributed by atoms with Crippen molar-refractivity contribution in [3.63, 3.8) is 0 Å². The highest BCUT2D eigenvalue weighted by Gasteiger charge is 2.77. The minimum absolute atomic E-state index is 0.0102. The van der Waals surface area contributed by atoms with Crippen molar-refractivity contribution in [1.29, 1.82) is 0 Å². The minimum atomic E-state index is -1.75. The van der Waals surface area contributed by atoms with Gasteiger partial charge in [0.15, 0.2) is 17.7 Å². The number of carboxylic acid groups (broad SMARTS) is 1. The first-order chi connectivity index (χ1) is 14.4. The fourth-order valence-electron chi connectivity index (χ4n) is 8.15. The van der Waals surface area contributed by atoms with Crippen LogP contribution in [0.3, 0.4) is 0 Å². The van der Waals surface area contributed by atoms with Gasteiger partial charge >= 0.3 is 5.97 Å². The molecule has 1 aliphatic heterocycles. The Labute approximate surface area is 182 Å². The topological polar surface area (TPSA) is 113 Å². The lowest BCUT2D eigenvalue weighted by atomic mass is 9.46. The van der Waals surface area contributed by atoms with Gasteiger partial charge in [-0.2, -0.15) is 0 Å². The van der Waals surface area contributed by atoms with Gasteiger partial charge in [0.2, 0.25) is 0 Å². The van der Waals surface area contributed by atoms with E-state index in [0.717, 1.165) is 18.4 Å². The monoisotopic (exact) mass is 432 g/mol. The molecule has 170 valence electrons. The molecule has 4 aliphatic carbocycles. The predicted octanol–water partition coefficient (Wildman–Crippen LogP) is 2.21. The predicted molar refractivity (Wildman–Crippen MR) is 110 cm³/mol. The average Bonchev–Trinajstić information content (AvgIpc) is 3.07. The van der Waals surface area contributed by atoms with Gasteiger partial charge in [0, 0.05) is 16.7 Å². The number of ether oxygens (including phenoxy) is 2. The Bertz CT molecular complexity index is 906. The maximum Gasteiger partial charge on any atom is 0.335 e. The molecule has 3 saturated carbocycles. The number of hydrogen-bond acceptors (Lipinski definition) is 6. The molecule has 9 atom stereocenters. The highest BCUT2D eigenvalue weighted by Crippen LogP contribution is 2.70. The zero-order valence-electron chi connectivity index (χ0n) is 18.5.